The fourth-order valence-electron chi connectivity index (χ4n) is 0.476. The quantitative estimate of drug-likeness (QED) is 0.621. The molecule has 0 heterocycles. The van der Waals surface area contributed by atoms with Crippen molar-refractivity contribution in [2.24, 2.45) is 0 Å². The summed E-state index contributed by atoms with van der Waals surface area (Å²) in [5, 5.41) is -0.0139. The lowest BCUT2D eigenvalue weighted by molar-refractivity contribution is 0.593. The van der Waals surface area contributed by atoms with Crippen molar-refractivity contribution in [3.05, 3.63) is 5.25 Å². The van der Waals surface area contributed by atoms with Crippen LogP contribution in [-0.2, 0) is 19.7 Å². The van der Waals surface area contributed by atoms with Gasteiger partial charge in [-0.2, -0.15) is 0 Å². The van der Waals surface area contributed by atoms with Crippen molar-refractivity contribution in [1.29, 1.82) is 0 Å². The highest BCUT2D eigenvalue weighted by Gasteiger charge is 2.20. The van der Waals surface area contributed by atoms with E-state index in [2.05, 4.69) is 0 Å². The van der Waals surface area contributed by atoms with Crippen LogP contribution in [0.5, 0.6) is 0 Å². The van der Waals surface area contributed by atoms with Crippen molar-refractivity contribution in [1.82, 2.24) is 0 Å². The van der Waals surface area contributed by atoms with Gasteiger partial charge in [-0.3, -0.25) is 0 Å². The first-order valence-electron chi connectivity index (χ1n) is 2.83. The molecule has 0 aliphatic rings. The molecule has 1 radical (unpaired) electrons. The summed E-state index contributed by atoms with van der Waals surface area (Å²) >= 11 is 0. The minimum absolute atomic E-state index is 0.0139. The summed E-state index contributed by atoms with van der Waals surface area (Å²) < 4.78 is 42.6. The van der Waals surface area contributed by atoms with E-state index >= 15 is 0 Å². The average molecular weight is 199 g/mol. The molecular formula is C5H11O4S2. The molecule has 0 spiro atoms. The molecule has 0 aromatic rings. The third kappa shape index (κ3) is 5.20. The Morgan fingerprint density at radius 2 is 1.45 bits per heavy atom. The Labute approximate surface area is 67.4 Å². The lowest BCUT2D eigenvalue weighted by Gasteiger charge is -2.04. The van der Waals surface area contributed by atoms with Crippen LogP contribution in [0.3, 0.4) is 0 Å². The second-order valence-corrected chi connectivity index (χ2v) is 6.93. The van der Waals surface area contributed by atoms with Crippen molar-refractivity contribution in [3.8, 4) is 0 Å². The van der Waals surface area contributed by atoms with E-state index < -0.39 is 19.7 Å². The molecule has 0 bridgehead atoms. The van der Waals surface area contributed by atoms with Crippen LogP contribution in [0, 0.1) is 5.25 Å². The Bertz CT molecular complexity index is 310. The summed E-state index contributed by atoms with van der Waals surface area (Å²) in [6.07, 6.45) is 2.00. The summed E-state index contributed by atoms with van der Waals surface area (Å²) in [4.78, 5) is 0. The number of sulfone groups is 2. The average Bonchev–Trinajstić information content (AvgIpc) is 1.56. The highest BCUT2D eigenvalue weighted by Crippen LogP contribution is 2.09. The first-order chi connectivity index (χ1) is 4.63. The van der Waals surface area contributed by atoms with E-state index in [1.165, 1.54) is 6.92 Å². The molecule has 0 unspecified atom stereocenters. The molecule has 0 fully saturated rings. The van der Waals surface area contributed by atoms with Gasteiger partial charge in [0, 0.05) is 12.5 Å². The van der Waals surface area contributed by atoms with Crippen LogP contribution in [0.1, 0.15) is 6.92 Å². The second kappa shape index (κ2) is 3.10. The minimum Gasteiger partial charge on any atom is -0.229 e. The van der Waals surface area contributed by atoms with Crippen LogP contribution in [0.15, 0.2) is 0 Å². The van der Waals surface area contributed by atoms with Gasteiger partial charge in [0.1, 0.15) is 15.1 Å². The lowest BCUT2D eigenvalue weighted by Crippen LogP contribution is -2.17. The molecule has 0 amide bonds. The summed E-state index contributed by atoms with van der Waals surface area (Å²) in [7, 11) is -6.52. The fourth-order valence-corrected chi connectivity index (χ4v) is 2.71. The third-order valence-electron chi connectivity index (χ3n) is 1.10. The standard InChI is InChI=1S/C5H11O4S2/c1-5(11(3,8)9)4-10(2,6)7/h4H2,1-3H3. The second-order valence-electron chi connectivity index (χ2n) is 2.54. The predicted octanol–water partition coefficient (Wildman–Crippen LogP) is -0.373. The van der Waals surface area contributed by atoms with E-state index in [-0.39, 0.29) is 11.0 Å². The number of hydrogen-bond acceptors (Lipinski definition) is 4. The predicted molar refractivity (Wildman–Crippen MR) is 43.5 cm³/mol. The van der Waals surface area contributed by atoms with Gasteiger partial charge in [0.15, 0.2) is 9.84 Å². The highest BCUT2D eigenvalue weighted by atomic mass is 32.2. The van der Waals surface area contributed by atoms with E-state index in [0.717, 1.165) is 12.5 Å². The highest BCUT2D eigenvalue weighted by molar-refractivity contribution is 7.96. The van der Waals surface area contributed by atoms with E-state index in [4.69, 9.17) is 0 Å². The van der Waals surface area contributed by atoms with Crippen LogP contribution in [0.2, 0.25) is 0 Å². The van der Waals surface area contributed by atoms with Gasteiger partial charge in [-0.25, -0.2) is 16.8 Å². The smallest absolute Gasteiger partial charge is 0.155 e. The normalized spacial score (nSPS) is 13.8. The summed E-state index contributed by atoms with van der Waals surface area (Å²) in [6.45, 7) is 1.30. The van der Waals surface area contributed by atoms with Crippen molar-refractivity contribution < 1.29 is 16.8 Å². The van der Waals surface area contributed by atoms with Crippen molar-refractivity contribution >= 4 is 19.7 Å². The molecule has 0 aromatic heterocycles. The summed E-state index contributed by atoms with van der Waals surface area (Å²) in [5.74, 6) is -0.383. The maximum atomic E-state index is 10.7. The molecule has 0 aliphatic carbocycles. The fraction of sp³-hybridized carbons (Fsp3) is 0.800. The van der Waals surface area contributed by atoms with Crippen LogP contribution >= 0.6 is 0 Å². The van der Waals surface area contributed by atoms with E-state index in [1.54, 1.807) is 0 Å². The Hall–Kier alpha value is -0.100. The van der Waals surface area contributed by atoms with Crippen molar-refractivity contribution in [2.75, 3.05) is 18.3 Å². The topological polar surface area (TPSA) is 68.3 Å². The summed E-state index contributed by atoms with van der Waals surface area (Å²) in [5.41, 5.74) is 0. The molecule has 0 aliphatic heterocycles. The van der Waals surface area contributed by atoms with Gasteiger partial charge in [0.2, 0.25) is 0 Å². The molecule has 6 heteroatoms. The minimum atomic E-state index is -3.30. The zero-order valence-corrected chi connectivity index (χ0v) is 8.29. The first kappa shape index (κ1) is 10.9. The molecule has 0 aromatic carbocycles. The Morgan fingerprint density at radius 1 is 1.09 bits per heavy atom. The molecule has 0 rings (SSSR count). The van der Waals surface area contributed by atoms with E-state index in [9.17, 15) is 16.8 Å². The van der Waals surface area contributed by atoms with Gasteiger partial charge in [0.25, 0.3) is 0 Å². The largest absolute Gasteiger partial charge is 0.229 e. The molecule has 0 saturated heterocycles. The van der Waals surface area contributed by atoms with Gasteiger partial charge in [0.05, 0.1) is 5.75 Å². The Balaban J connectivity index is 4.47. The SMILES string of the molecule is C[C](CS(C)(=O)=O)S(C)(=O)=O. The van der Waals surface area contributed by atoms with Gasteiger partial charge >= 0.3 is 0 Å². The monoisotopic (exact) mass is 199 g/mol. The molecule has 4 nitrogen and oxygen atoms in total. The molecule has 11 heavy (non-hydrogen) atoms. The maximum Gasteiger partial charge on any atom is 0.155 e. The Kier molecular flexibility index (Phi) is 3.07. The van der Waals surface area contributed by atoms with Gasteiger partial charge in [-0.05, 0) is 6.92 Å². The molecule has 0 N–H and O–H groups in total. The maximum absolute atomic E-state index is 10.7. The summed E-state index contributed by atoms with van der Waals surface area (Å²) in [6, 6.07) is 0. The van der Waals surface area contributed by atoms with E-state index in [0.29, 0.717) is 0 Å². The molecule has 0 atom stereocenters. The van der Waals surface area contributed by atoms with Crippen molar-refractivity contribution in [3.63, 3.8) is 0 Å². The van der Waals surface area contributed by atoms with Gasteiger partial charge < -0.3 is 0 Å². The van der Waals surface area contributed by atoms with Crippen LogP contribution < -0.4 is 0 Å². The van der Waals surface area contributed by atoms with E-state index in [1.807, 2.05) is 0 Å². The number of hydrogen-bond donors (Lipinski definition) is 0. The van der Waals surface area contributed by atoms with Crippen LogP contribution in [-0.4, -0.2) is 35.1 Å². The first-order valence-corrected chi connectivity index (χ1v) is 6.78. The van der Waals surface area contributed by atoms with Gasteiger partial charge in [-0.1, -0.05) is 0 Å². The third-order valence-corrected chi connectivity index (χ3v) is 3.65. The van der Waals surface area contributed by atoms with Crippen molar-refractivity contribution in [2.45, 2.75) is 6.92 Å². The van der Waals surface area contributed by atoms with Crippen LogP contribution in [0.4, 0.5) is 0 Å². The molecule has 0 saturated carbocycles. The molecular weight excluding hydrogens is 188 g/mol. The zero-order chi connectivity index (χ0) is 9.28. The zero-order valence-electron chi connectivity index (χ0n) is 6.66. The number of rotatable bonds is 3. The van der Waals surface area contributed by atoms with Crippen LogP contribution in [0.25, 0.3) is 0 Å². The lowest BCUT2D eigenvalue weighted by atomic mass is 10.6. The Morgan fingerprint density at radius 3 is 1.55 bits per heavy atom. The molecule has 67 valence electrons. The van der Waals surface area contributed by atoms with Gasteiger partial charge in [-0.15, -0.1) is 0 Å².